The lowest BCUT2D eigenvalue weighted by atomic mass is 9.61. The quantitative estimate of drug-likeness (QED) is 0.697. The third kappa shape index (κ3) is 0.950. The van der Waals surface area contributed by atoms with Gasteiger partial charge in [0.05, 0.1) is 11.2 Å². The van der Waals surface area contributed by atoms with Gasteiger partial charge < -0.3 is 10.2 Å². The summed E-state index contributed by atoms with van der Waals surface area (Å²) in [5.41, 5.74) is 5.80. The molecule has 3 rings (SSSR count). The van der Waals surface area contributed by atoms with E-state index in [1.54, 1.807) is 0 Å². The molecule has 2 N–H and O–H groups in total. The first-order valence-corrected chi connectivity index (χ1v) is 5.86. The molecule has 0 saturated carbocycles. The highest BCUT2D eigenvalue weighted by Gasteiger charge is 2.47. The highest BCUT2D eigenvalue weighted by atomic mass is 16.3. The largest absolute Gasteiger partial charge is 0.385 e. The van der Waals surface area contributed by atoms with Crippen LogP contribution in [0.2, 0.25) is 0 Å². The Morgan fingerprint density at radius 2 is 1.12 bits per heavy atom. The summed E-state index contributed by atoms with van der Waals surface area (Å²) in [6.07, 6.45) is 1.44. The van der Waals surface area contributed by atoms with Crippen LogP contribution in [0, 0.1) is 13.8 Å². The number of aliphatic hydroxyl groups is 2. The fourth-order valence-electron chi connectivity index (χ4n) is 3.68. The minimum absolute atomic E-state index is 0.652. The van der Waals surface area contributed by atoms with Crippen LogP contribution in [0.5, 0.6) is 0 Å². The van der Waals surface area contributed by atoms with Gasteiger partial charge in [-0.2, -0.15) is 0 Å². The molecule has 2 aliphatic carbocycles. The van der Waals surface area contributed by atoms with Crippen LogP contribution < -0.4 is 0 Å². The standard InChI is InChI=1S/C14H18O2/c1-7-9-5-14(4,16)12(9)8(2)10-6-13(3,15)11(7)10/h15-16H,5-6H2,1-4H3. The van der Waals surface area contributed by atoms with E-state index in [-0.39, 0.29) is 0 Å². The second-order valence-corrected chi connectivity index (χ2v) is 5.86. The van der Waals surface area contributed by atoms with Crippen molar-refractivity contribution in [2.24, 2.45) is 0 Å². The SMILES string of the molecule is Cc1c2c(c(C)c3c1C(C)(O)C3)C(C)(O)C2. The van der Waals surface area contributed by atoms with E-state index in [4.69, 9.17) is 0 Å². The molecule has 0 fully saturated rings. The minimum atomic E-state index is -0.652. The molecule has 0 heterocycles. The average Bonchev–Trinajstić information content (AvgIpc) is 2.09. The lowest BCUT2D eigenvalue weighted by Gasteiger charge is -2.47. The van der Waals surface area contributed by atoms with Crippen molar-refractivity contribution in [3.63, 3.8) is 0 Å². The van der Waals surface area contributed by atoms with Gasteiger partial charge >= 0.3 is 0 Å². The molecule has 0 bridgehead atoms. The van der Waals surface area contributed by atoms with Gasteiger partial charge in [-0.25, -0.2) is 0 Å². The predicted octanol–water partition coefficient (Wildman–Crippen LogP) is 1.83. The molecule has 0 saturated heterocycles. The van der Waals surface area contributed by atoms with Gasteiger partial charge in [0, 0.05) is 12.8 Å². The normalized spacial score (nSPS) is 34.9. The molecule has 0 aliphatic heterocycles. The Kier molecular flexibility index (Phi) is 1.62. The lowest BCUT2D eigenvalue weighted by Crippen LogP contribution is -2.44. The van der Waals surface area contributed by atoms with Gasteiger partial charge in [-0.05, 0) is 61.1 Å². The molecule has 2 heteroatoms. The van der Waals surface area contributed by atoms with Crippen molar-refractivity contribution in [2.75, 3.05) is 0 Å². The summed E-state index contributed by atoms with van der Waals surface area (Å²) in [7, 11) is 0. The Balaban J connectivity index is 2.31. The molecule has 0 amide bonds. The van der Waals surface area contributed by atoms with Crippen molar-refractivity contribution in [3.8, 4) is 0 Å². The van der Waals surface area contributed by atoms with Crippen LogP contribution in [0.25, 0.3) is 0 Å². The van der Waals surface area contributed by atoms with Crippen LogP contribution in [-0.4, -0.2) is 10.2 Å². The van der Waals surface area contributed by atoms with Gasteiger partial charge in [-0.15, -0.1) is 0 Å². The molecule has 0 aromatic heterocycles. The summed E-state index contributed by atoms with van der Waals surface area (Å²) in [6, 6.07) is 0. The van der Waals surface area contributed by atoms with E-state index >= 15 is 0 Å². The maximum Gasteiger partial charge on any atom is 0.0914 e. The second-order valence-electron chi connectivity index (χ2n) is 5.86. The van der Waals surface area contributed by atoms with Crippen LogP contribution in [0.1, 0.15) is 47.2 Å². The fourth-order valence-corrected chi connectivity index (χ4v) is 3.68. The van der Waals surface area contributed by atoms with Crippen molar-refractivity contribution in [1.82, 2.24) is 0 Å². The topological polar surface area (TPSA) is 40.5 Å². The molecule has 86 valence electrons. The molecule has 2 unspecified atom stereocenters. The second kappa shape index (κ2) is 2.52. The fraction of sp³-hybridized carbons (Fsp3) is 0.571. The van der Waals surface area contributed by atoms with Gasteiger partial charge in [-0.1, -0.05) is 0 Å². The summed E-state index contributed by atoms with van der Waals surface area (Å²) in [4.78, 5) is 0. The van der Waals surface area contributed by atoms with Gasteiger partial charge in [0.25, 0.3) is 0 Å². The van der Waals surface area contributed by atoms with Crippen LogP contribution in [0.15, 0.2) is 0 Å². The van der Waals surface area contributed by atoms with E-state index < -0.39 is 11.2 Å². The van der Waals surface area contributed by atoms with Crippen LogP contribution in [0.3, 0.4) is 0 Å². The number of fused-ring (bicyclic) bond motifs is 2. The van der Waals surface area contributed by atoms with Crippen molar-refractivity contribution >= 4 is 0 Å². The summed E-state index contributed by atoms with van der Waals surface area (Å²) in [5.74, 6) is 0. The number of rotatable bonds is 0. The zero-order valence-electron chi connectivity index (χ0n) is 10.3. The van der Waals surface area contributed by atoms with E-state index in [2.05, 4.69) is 13.8 Å². The maximum atomic E-state index is 10.2. The van der Waals surface area contributed by atoms with Crippen molar-refractivity contribution < 1.29 is 10.2 Å². The molecule has 0 radical (unpaired) electrons. The Hall–Kier alpha value is -0.860. The van der Waals surface area contributed by atoms with Gasteiger partial charge in [0.15, 0.2) is 0 Å². The molecule has 1 aromatic rings. The van der Waals surface area contributed by atoms with Crippen LogP contribution in [0.4, 0.5) is 0 Å². The first kappa shape index (κ1) is 10.3. The minimum Gasteiger partial charge on any atom is -0.385 e. The molecule has 2 aliphatic rings. The zero-order chi connectivity index (χ0) is 11.9. The first-order chi connectivity index (χ1) is 7.26. The molecule has 2 nitrogen and oxygen atoms in total. The predicted molar refractivity (Wildman–Crippen MR) is 62.5 cm³/mol. The van der Waals surface area contributed by atoms with E-state index in [0.29, 0.717) is 0 Å². The third-order valence-corrected chi connectivity index (χ3v) is 4.38. The van der Waals surface area contributed by atoms with E-state index in [9.17, 15) is 10.2 Å². The molecule has 0 spiro atoms. The Bertz CT molecular complexity index is 446. The van der Waals surface area contributed by atoms with Crippen molar-refractivity contribution in [2.45, 2.75) is 51.7 Å². The number of hydrogen-bond donors (Lipinski definition) is 2. The van der Waals surface area contributed by atoms with Gasteiger partial charge in [-0.3, -0.25) is 0 Å². The van der Waals surface area contributed by atoms with Crippen LogP contribution in [-0.2, 0) is 24.0 Å². The van der Waals surface area contributed by atoms with Crippen molar-refractivity contribution in [1.29, 1.82) is 0 Å². The summed E-state index contributed by atoms with van der Waals surface area (Å²) >= 11 is 0. The van der Waals surface area contributed by atoms with E-state index in [1.807, 2.05) is 13.8 Å². The van der Waals surface area contributed by atoms with E-state index in [0.717, 1.165) is 24.0 Å². The molecular formula is C14H18O2. The first-order valence-electron chi connectivity index (χ1n) is 5.86. The molecule has 2 atom stereocenters. The summed E-state index contributed by atoms with van der Waals surface area (Å²) in [6.45, 7) is 7.90. The third-order valence-electron chi connectivity index (χ3n) is 4.38. The van der Waals surface area contributed by atoms with Gasteiger partial charge in [0.1, 0.15) is 0 Å². The highest BCUT2D eigenvalue weighted by molar-refractivity contribution is 5.63. The molecule has 16 heavy (non-hydrogen) atoms. The lowest BCUT2D eigenvalue weighted by molar-refractivity contribution is 0.0190. The van der Waals surface area contributed by atoms with E-state index in [1.165, 1.54) is 22.3 Å². The number of benzene rings is 1. The number of hydrogen-bond acceptors (Lipinski definition) is 2. The maximum absolute atomic E-state index is 10.2. The molecular weight excluding hydrogens is 200 g/mol. The zero-order valence-corrected chi connectivity index (χ0v) is 10.3. The Morgan fingerprint density at radius 3 is 1.38 bits per heavy atom. The van der Waals surface area contributed by atoms with Crippen molar-refractivity contribution in [3.05, 3.63) is 33.4 Å². The smallest absolute Gasteiger partial charge is 0.0914 e. The monoisotopic (exact) mass is 218 g/mol. The summed E-state index contributed by atoms with van der Waals surface area (Å²) in [5, 5.41) is 20.4. The van der Waals surface area contributed by atoms with Crippen LogP contribution >= 0.6 is 0 Å². The van der Waals surface area contributed by atoms with Gasteiger partial charge in [0.2, 0.25) is 0 Å². The summed E-state index contributed by atoms with van der Waals surface area (Å²) < 4.78 is 0. The average molecular weight is 218 g/mol. The highest BCUT2D eigenvalue weighted by Crippen LogP contribution is 2.52. The Morgan fingerprint density at radius 1 is 0.812 bits per heavy atom. The molecule has 1 aromatic carbocycles. The Labute approximate surface area is 95.9 Å².